The van der Waals surface area contributed by atoms with Crippen LogP contribution in [-0.4, -0.2) is 55.8 Å². The molecule has 1 N–H and O–H groups in total. The van der Waals surface area contributed by atoms with Crippen molar-refractivity contribution < 1.29 is 13.2 Å². The third-order valence-electron chi connectivity index (χ3n) is 6.39. The number of rotatable bonds is 3. The van der Waals surface area contributed by atoms with E-state index in [0.29, 0.717) is 23.9 Å². The first kappa shape index (κ1) is 18.7. The van der Waals surface area contributed by atoms with Crippen LogP contribution in [-0.2, 0) is 14.8 Å². The van der Waals surface area contributed by atoms with Crippen molar-refractivity contribution in [1.82, 2.24) is 9.21 Å². The molecule has 4 rings (SSSR count). The van der Waals surface area contributed by atoms with Crippen molar-refractivity contribution in [3.05, 3.63) is 23.8 Å². The van der Waals surface area contributed by atoms with Crippen molar-refractivity contribution in [1.29, 1.82) is 0 Å². The highest BCUT2D eigenvalue weighted by Crippen LogP contribution is 2.38. The highest BCUT2D eigenvalue weighted by Gasteiger charge is 2.38. The van der Waals surface area contributed by atoms with Crippen molar-refractivity contribution in [2.24, 2.45) is 5.92 Å². The molecule has 3 aliphatic heterocycles. The molecule has 2 saturated heterocycles. The van der Waals surface area contributed by atoms with Gasteiger partial charge in [0.25, 0.3) is 0 Å². The number of sulfonamides is 1. The molecule has 3 heterocycles. The lowest BCUT2D eigenvalue weighted by Gasteiger charge is -2.29. The fraction of sp³-hybridized carbons (Fsp3) is 0.650. The van der Waals surface area contributed by atoms with Crippen LogP contribution in [0.15, 0.2) is 23.1 Å². The van der Waals surface area contributed by atoms with Gasteiger partial charge in [-0.25, -0.2) is 8.42 Å². The summed E-state index contributed by atoms with van der Waals surface area (Å²) >= 11 is 0. The van der Waals surface area contributed by atoms with Gasteiger partial charge < -0.3 is 10.2 Å². The van der Waals surface area contributed by atoms with Gasteiger partial charge in [-0.05, 0) is 55.4 Å². The van der Waals surface area contributed by atoms with Crippen molar-refractivity contribution >= 4 is 21.6 Å². The Morgan fingerprint density at radius 3 is 2.41 bits per heavy atom. The zero-order valence-electron chi connectivity index (χ0n) is 16.1. The van der Waals surface area contributed by atoms with E-state index in [1.54, 1.807) is 16.4 Å². The minimum Gasteiger partial charge on any atom is -0.373 e. The van der Waals surface area contributed by atoms with E-state index in [1.807, 2.05) is 17.9 Å². The average Bonchev–Trinajstić information content (AvgIpc) is 3.30. The maximum absolute atomic E-state index is 13.1. The second-order valence-corrected chi connectivity index (χ2v) is 10.2. The van der Waals surface area contributed by atoms with Crippen LogP contribution >= 0.6 is 0 Å². The molecule has 0 spiro atoms. The van der Waals surface area contributed by atoms with E-state index < -0.39 is 10.0 Å². The number of nitrogens with zero attached hydrogens (tertiary/aromatic N) is 2. The summed E-state index contributed by atoms with van der Waals surface area (Å²) in [6.45, 7) is 7.01. The first-order chi connectivity index (χ1) is 12.9. The van der Waals surface area contributed by atoms with Crippen molar-refractivity contribution in [2.75, 3.05) is 31.5 Å². The molecular formula is C20H29N3O3S. The molecule has 148 valence electrons. The van der Waals surface area contributed by atoms with E-state index in [4.69, 9.17) is 0 Å². The third-order valence-corrected chi connectivity index (χ3v) is 8.28. The van der Waals surface area contributed by atoms with E-state index >= 15 is 0 Å². The SMILES string of the molecule is CC1CCN(S(=O)(=O)c2ccc3c(c2)C(C)C(C(=O)N2CCCC2)N3)CC1. The van der Waals surface area contributed by atoms with Gasteiger partial charge in [-0.2, -0.15) is 4.31 Å². The van der Waals surface area contributed by atoms with E-state index in [2.05, 4.69) is 12.2 Å². The van der Waals surface area contributed by atoms with Gasteiger partial charge in [0.2, 0.25) is 15.9 Å². The minimum absolute atomic E-state index is 0.0374. The highest BCUT2D eigenvalue weighted by atomic mass is 32.2. The van der Waals surface area contributed by atoms with Gasteiger partial charge in [0.1, 0.15) is 6.04 Å². The molecular weight excluding hydrogens is 362 g/mol. The summed E-state index contributed by atoms with van der Waals surface area (Å²) in [6.07, 6.45) is 3.95. The summed E-state index contributed by atoms with van der Waals surface area (Å²) in [4.78, 5) is 15.1. The molecule has 2 atom stereocenters. The number of likely N-dealkylation sites (tertiary alicyclic amines) is 1. The Morgan fingerprint density at radius 2 is 1.74 bits per heavy atom. The van der Waals surface area contributed by atoms with Gasteiger partial charge in [0, 0.05) is 37.8 Å². The number of hydrogen-bond donors (Lipinski definition) is 1. The molecule has 2 unspecified atom stereocenters. The average molecular weight is 392 g/mol. The molecule has 0 bridgehead atoms. The monoisotopic (exact) mass is 391 g/mol. The summed E-state index contributed by atoms with van der Waals surface area (Å²) in [6, 6.07) is 4.97. The van der Waals surface area contributed by atoms with Crippen LogP contribution in [0, 0.1) is 5.92 Å². The molecule has 3 aliphatic rings. The summed E-state index contributed by atoms with van der Waals surface area (Å²) in [5.74, 6) is 0.674. The van der Waals surface area contributed by atoms with Crippen LogP contribution in [0.2, 0.25) is 0 Å². The second-order valence-electron chi connectivity index (χ2n) is 8.28. The molecule has 1 amide bonds. The largest absolute Gasteiger partial charge is 0.373 e. The Labute approximate surface area is 162 Å². The van der Waals surface area contributed by atoms with Gasteiger partial charge in [0.15, 0.2) is 0 Å². The van der Waals surface area contributed by atoms with Crippen LogP contribution < -0.4 is 5.32 Å². The van der Waals surface area contributed by atoms with Gasteiger partial charge in [-0.3, -0.25) is 4.79 Å². The summed E-state index contributed by atoms with van der Waals surface area (Å²) in [7, 11) is -3.47. The topological polar surface area (TPSA) is 69.7 Å². The zero-order chi connectivity index (χ0) is 19.2. The van der Waals surface area contributed by atoms with Crippen LogP contribution in [0.3, 0.4) is 0 Å². The van der Waals surface area contributed by atoms with E-state index in [1.165, 1.54) is 0 Å². The minimum atomic E-state index is -3.47. The molecule has 1 aromatic rings. The van der Waals surface area contributed by atoms with Crippen molar-refractivity contribution in [3.63, 3.8) is 0 Å². The first-order valence-electron chi connectivity index (χ1n) is 10.1. The number of anilines is 1. The van der Waals surface area contributed by atoms with Gasteiger partial charge in [0.05, 0.1) is 4.90 Å². The predicted molar refractivity (Wildman–Crippen MR) is 105 cm³/mol. The first-order valence-corrected chi connectivity index (χ1v) is 11.5. The number of nitrogens with one attached hydrogen (secondary N) is 1. The molecule has 27 heavy (non-hydrogen) atoms. The molecule has 1 aromatic carbocycles. The number of benzene rings is 1. The Kier molecular flexibility index (Phi) is 4.93. The number of fused-ring (bicyclic) bond motifs is 1. The number of carbonyl (C=O) groups is 1. The van der Waals surface area contributed by atoms with Crippen LogP contribution in [0.4, 0.5) is 5.69 Å². The lowest BCUT2D eigenvalue weighted by molar-refractivity contribution is -0.131. The fourth-order valence-corrected chi connectivity index (χ4v) is 5.97. The molecule has 0 aromatic heterocycles. The molecule has 0 radical (unpaired) electrons. The fourth-order valence-electron chi connectivity index (χ4n) is 4.47. The lowest BCUT2D eigenvalue weighted by atomic mass is 9.96. The maximum Gasteiger partial charge on any atom is 0.245 e. The summed E-state index contributed by atoms with van der Waals surface area (Å²) in [5, 5.41) is 3.33. The van der Waals surface area contributed by atoms with E-state index in [0.717, 1.165) is 50.0 Å². The smallest absolute Gasteiger partial charge is 0.245 e. The van der Waals surface area contributed by atoms with Gasteiger partial charge in [-0.1, -0.05) is 13.8 Å². The maximum atomic E-state index is 13.1. The van der Waals surface area contributed by atoms with Crippen molar-refractivity contribution in [3.8, 4) is 0 Å². The molecule has 7 heteroatoms. The van der Waals surface area contributed by atoms with E-state index in [-0.39, 0.29) is 17.9 Å². The lowest BCUT2D eigenvalue weighted by Crippen LogP contribution is -2.41. The summed E-state index contributed by atoms with van der Waals surface area (Å²) in [5.41, 5.74) is 1.81. The number of piperidine rings is 1. The standard InChI is InChI=1S/C20H29N3O3S/c1-14-7-11-23(12-8-14)27(25,26)16-5-6-18-17(13-16)15(2)19(21-18)20(24)22-9-3-4-10-22/h5-6,13-15,19,21H,3-4,7-12H2,1-2H3. The van der Waals surface area contributed by atoms with Crippen LogP contribution in [0.25, 0.3) is 0 Å². The Hall–Kier alpha value is -1.60. The molecule has 0 saturated carbocycles. The summed E-state index contributed by atoms with van der Waals surface area (Å²) < 4.78 is 27.7. The molecule has 6 nitrogen and oxygen atoms in total. The number of carbonyl (C=O) groups excluding carboxylic acids is 1. The number of hydrogen-bond acceptors (Lipinski definition) is 4. The second kappa shape index (κ2) is 7.09. The van der Waals surface area contributed by atoms with Crippen LogP contribution in [0.5, 0.6) is 0 Å². The normalized spacial score (nSPS) is 26.8. The van der Waals surface area contributed by atoms with Gasteiger partial charge >= 0.3 is 0 Å². The quantitative estimate of drug-likeness (QED) is 0.860. The van der Waals surface area contributed by atoms with E-state index in [9.17, 15) is 13.2 Å². The molecule has 0 aliphatic carbocycles. The number of amides is 1. The van der Waals surface area contributed by atoms with Crippen molar-refractivity contribution in [2.45, 2.75) is 56.4 Å². The molecule has 2 fully saturated rings. The highest BCUT2D eigenvalue weighted by molar-refractivity contribution is 7.89. The Balaban J connectivity index is 1.56. The predicted octanol–water partition coefficient (Wildman–Crippen LogP) is 2.63. The van der Waals surface area contributed by atoms with Crippen LogP contribution in [0.1, 0.15) is 51.0 Å². The third kappa shape index (κ3) is 3.36. The Bertz CT molecular complexity index is 825. The Morgan fingerprint density at radius 1 is 1.07 bits per heavy atom. The zero-order valence-corrected chi connectivity index (χ0v) is 17.0. The van der Waals surface area contributed by atoms with Gasteiger partial charge in [-0.15, -0.1) is 0 Å².